The quantitative estimate of drug-likeness (QED) is 0.339. The number of benzene rings is 3. The van der Waals surface area contributed by atoms with Gasteiger partial charge < -0.3 is 9.64 Å². The van der Waals surface area contributed by atoms with Gasteiger partial charge in [0.25, 0.3) is 0 Å². The average molecular weight is 650 g/mol. The van der Waals surface area contributed by atoms with Gasteiger partial charge in [-0.05, 0) is 97.8 Å². The highest BCUT2D eigenvalue weighted by Crippen LogP contribution is 2.53. The predicted molar refractivity (Wildman–Crippen MR) is 157 cm³/mol. The molecule has 2 atom stereocenters. The maximum Gasteiger partial charge on any atom is 0.226 e. The highest BCUT2D eigenvalue weighted by atomic mass is 35.5. The maximum atomic E-state index is 14.5. The fraction of sp³-hybridized carbons (Fsp3) is 0.387. The Labute approximate surface area is 254 Å². The summed E-state index contributed by atoms with van der Waals surface area (Å²) in [5.74, 6) is -1.37. The molecule has 0 saturated carbocycles. The zero-order chi connectivity index (χ0) is 30.6. The van der Waals surface area contributed by atoms with Gasteiger partial charge in [0.1, 0.15) is 38.6 Å². The molecule has 228 valence electrons. The van der Waals surface area contributed by atoms with Crippen molar-refractivity contribution >= 4 is 37.2 Å². The number of rotatable bonds is 6. The van der Waals surface area contributed by atoms with Gasteiger partial charge in [-0.15, -0.1) is 0 Å². The largest absolute Gasteiger partial charge is 0.489 e. The van der Waals surface area contributed by atoms with Crippen LogP contribution >= 0.6 is 11.6 Å². The summed E-state index contributed by atoms with van der Waals surface area (Å²) in [6, 6.07) is 13.2. The molecule has 1 aliphatic carbocycles. The first kappa shape index (κ1) is 30.0. The number of likely N-dealkylation sites (tertiary alicyclic amines) is 1. The highest BCUT2D eigenvalue weighted by Gasteiger charge is 2.61. The number of ether oxygens (including phenoxy) is 1. The summed E-state index contributed by atoms with van der Waals surface area (Å²) in [6.07, 6.45) is 1.41. The predicted octanol–water partition coefficient (Wildman–Crippen LogP) is 5.24. The third-order valence-corrected chi connectivity index (χ3v) is 13.7. The lowest BCUT2D eigenvalue weighted by molar-refractivity contribution is -0.137. The smallest absolute Gasteiger partial charge is 0.226 e. The van der Waals surface area contributed by atoms with E-state index in [1.54, 1.807) is 23.1 Å². The minimum absolute atomic E-state index is 0.0103. The van der Waals surface area contributed by atoms with E-state index in [0.717, 1.165) is 17.7 Å². The molecule has 2 fully saturated rings. The summed E-state index contributed by atoms with van der Waals surface area (Å²) in [6.45, 7) is 0.208. The number of aryl methyl sites for hydroxylation is 1. The molecule has 0 N–H and O–H groups in total. The van der Waals surface area contributed by atoms with Crippen LogP contribution in [0.2, 0.25) is 5.02 Å². The van der Waals surface area contributed by atoms with Gasteiger partial charge in [-0.3, -0.25) is 4.79 Å². The van der Waals surface area contributed by atoms with E-state index in [1.165, 1.54) is 30.3 Å². The van der Waals surface area contributed by atoms with E-state index < -0.39 is 48.0 Å². The van der Waals surface area contributed by atoms with Crippen molar-refractivity contribution in [2.75, 3.05) is 18.1 Å². The van der Waals surface area contributed by atoms with Gasteiger partial charge in [0.15, 0.2) is 9.84 Å². The minimum Gasteiger partial charge on any atom is -0.489 e. The Kier molecular flexibility index (Phi) is 7.79. The van der Waals surface area contributed by atoms with Crippen molar-refractivity contribution in [2.24, 2.45) is 5.92 Å². The topological polar surface area (TPSA) is 97.8 Å². The van der Waals surface area contributed by atoms with Crippen LogP contribution in [0.25, 0.3) is 0 Å². The summed E-state index contributed by atoms with van der Waals surface area (Å²) in [4.78, 5) is 15.4. The Morgan fingerprint density at radius 2 is 1.67 bits per heavy atom. The normalized spacial score (nSPS) is 23.4. The van der Waals surface area contributed by atoms with E-state index in [-0.39, 0.29) is 54.7 Å². The first-order chi connectivity index (χ1) is 20.4. The molecule has 1 amide bonds. The lowest BCUT2D eigenvalue weighted by Gasteiger charge is -2.43. The second kappa shape index (κ2) is 11.2. The van der Waals surface area contributed by atoms with E-state index in [0.29, 0.717) is 34.7 Å². The van der Waals surface area contributed by atoms with E-state index in [2.05, 4.69) is 0 Å². The Morgan fingerprint density at radius 3 is 2.40 bits per heavy atom. The summed E-state index contributed by atoms with van der Waals surface area (Å²) in [5.41, 5.74) is 1.78. The number of hydrogen-bond donors (Lipinski definition) is 0. The maximum absolute atomic E-state index is 14.5. The third kappa shape index (κ3) is 5.33. The zero-order valence-electron chi connectivity index (χ0n) is 23.1. The molecule has 3 aromatic carbocycles. The first-order valence-corrected chi connectivity index (χ1v) is 17.8. The van der Waals surface area contributed by atoms with Crippen LogP contribution < -0.4 is 4.74 Å². The van der Waals surface area contributed by atoms with Gasteiger partial charge in [-0.25, -0.2) is 25.6 Å². The minimum atomic E-state index is -4.14. The number of halogens is 3. The van der Waals surface area contributed by atoms with Gasteiger partial charge in [0, 0.05) is 23.0 Å². The second-order valence-corrected chi connectivity index (χ2v) is 16.4. The number of carbonyl (C=O) groups is 1. The molecule has 0 aromatic heterocycles. The third-order valence-electron chi connectivity index (χ3n) is 9.05. The summed E-state index contributed by atoms with van der Waals surface area (Å²) in [7, 11) is -7.32. The molecule has 2 heterocycles. The molecule has 12 heteroatoms. The fourth-order valence-electron chi connectivity index (χ4n) is 6.87. The van der Waals surface area contributed by atoms with Crippen LogP contribution in [0.4, 0.5) is 8.78 Å². The molecule has 0 unspecified atom stereocenters. The van der Waals surface area contributed by atoms with Crippen molar-refractivity contribution in [1.82, 2.24) is 4.90 Å². The molecule has 6 rings (SSSR count). The fourth-order valence-corrected chi connectivity index (χ4v) is 10.9. The van der Waals surface area contributed by atoms with Gasteiger partial charge in [0.2, 0.25) is 5.91 Å². The van der Waals surface area contributed by atoms with Crippen LogP contribution in [0.1, 0.15) is 42.4 Å². The van der Waals surface area contributed by atoms with E-state index in [1.807, 2.05) is 0 Å². The lowest BCUT2D eigenvalue weighted by Crippen LogP contribution is -2.53. The van der Waals surface area contributed by atoms with Crippen LogP contribution in [-0.2, 0) is 42.2 Å². The number of amides is 1. The number of sulfone groups is 2. The molecular weight excluding hydrogens is 620 g/mol. The van der Waals surface area contributed by atoms with Crippen molar-refractivity contribution in [3.8, 4) is 5.75 Å². The molecule has 7 nitrogen and oxygen atoms in total. The van der Waals surface area contributed by atoms with E-state index in [9.17, 15) is 30.4 Å². The lowest BCUT2D eigenvalue weighted by atomic mass is 9.78. The van der Waals surface area contributed by atoms with Gasteiger partial charge >= 0.3 is 0 Å². The Balaban J connectivity index is 1.37. The van der Waals surface area contributed by atoms with Crippen LogP contribution in [-0.4, -0.2) is 51.7 Å². The molecule has 43 heavy (non-hydrogen) atoms. The van der Waals surface area contributed by atoms with E-state index in [4.69, 9.17) is 16.3 Å². The van der Waals surface area contributed by atoms with Crippen LogP contribution in [0.15, 0.2) is 65.6 Å². The van der Waals surface area contributed by atoms with Gasteiger partial charge in [0.05, 0.1) is 22.4 Å². The number of hydrogen-bond acceptors (Lipinski definition) is 6. The Bertz CT molecular complexity index is 1790. The number of nitrogens with zero attached hydrogens (tertiary/aromatic N) is 1. The second-order valence-electron chi connectivity index (χ2n) is 11.5. The monoisotopic (exact) mass is 649 g/mol. The molecule has 3 aromatic rings. The van der Waals surface area contributed by atoms with Crippen LogP contribution in [0.3, 0.4) is 0 Å². The van der Waals surface area contributed by atoms with E-state index >= 15 is 0 Å². The first-order valence-electron chi connectivity index (χ1n) is 14.1. The molecule has 2 aliphatic heterocycles. The summed E-state index contributed by atoms with van der Waals surface area (Å²) < 4.78 is 85.0. The van der Waals surface area contributed by atoms with Crippen LogP contribution in [0.5, 0.6) is 5.75 Å². The van der Waals surface area contributed by atoms with Crippen LogP contribution in [0, 0.1) is 17.6 Å². The highest BCUT2D eigenvalue weighted by molar-refractivity contribution is 7.92. The molecule has 3 aliphatic rings. The standard InChI is InChI=1S/C31H30ClF2NO6S2/c32-28-9-4-24(34)17-22(28)19-41-25-5-8-27-21(18-25)1-10-29-31(27,43(39,40)26-6-2-23(33)3-7-26)13-14-35(29)30(36)20-11-15-42(37,38)16-12-20/h2-9,17-18,20,29H,1,10-16,19H2/t29-,31-/m1/s1. The molecular formula is C31H30ClF2NO6S2. The molecule has 0 spiro atoms. The Hall–Kier alpha value is -3.02. The van der Waals surface area contributed by atoms with Crippen molar-refractivity contribution in [2.45, 2.75) is 54.4 Å². The molecule has 0 bridgehead atoms. The van der Waals surface area contributed by atoms with Gasteiger partial charge in [-0.1, -0.05) is 17.7 Å². The van der Waals surface area contributed by atoms with Crippen molar-refractivity contribution in [3.63, 3.8) is 0 Å². The summed E-state index contributed by atoms with van der Waals surface area (Å²) >= 11 is 6.19. The Morgan fingerprint density at radius 1 is 0.977 bits per heavy atom. The van der Waals surface area contributed by atoms with Crippen molar-refractivity contribution in [1.29, 1.82) is 0 Å². The van der Waals surface area contributed by atoms with Crippen molar-refractivity contribution < 1.29 is 35.1 Å². The average Bonchev–Trinajstić information content (AvgIpc) is 3.39. The molecule has 2 saturated heterocycles. The van der Waals surface area contributed by atoms with Gasteiger partial charge in [-0.2, -0.15) is 0 Å². The SMILES string of the molecule is O=C(C1CCS(=O)(=O)CC1)N1CC[C@@]2(S(=O)(=O)c3ccc(F)cc3)c3ccc(OCc4cc(F)ccc4Cl)cc3CC[C@@H]12. The summed E-state index contributed by atoms with van der Waals surface area (Å²) in [5, 5.41) is 0.359. The van der Waals surface area contributed by atoms with Crippen molar-refractivity contribution in [3.05, 3.63) is 94.0 Å². The zero-order valence-corrected chi connectivity index (χ0v) is 25.5. The number of fused-ring (bicyclic) bond motifs is 3. The molecule has 0 radical (unpaired) electrons. The number of carbonyl (C=O) groups excluding carboxylic acids is 1.